The molecule has 0 spiro atoms. The summed E-state index contributed by atoms with van der Waals surface area (Å²) in [5, 5.41) is 7.61. The van der Waals surface area contributed by atoms with E-state index in [4.69, 9.17) is 16.3 Å². The van der Waals surface area contributed by atoms with Crippen LogP contribution < -0.4 is 5.32 Å². The van der Waals surface area contributed by atoms with Crippen molar-refractivity contribution in [3.8, 4) is 0 Å². The predicted molar refractivity (Wildman–Crippen MR) is 77.6 cm³/mol. The minimum atomic E-state index is -0.409. The van der Waals surface area contributed by atoms with Gasteiger partial charge in [-0.1, -0.05) is 17.7 Å². The number of methoxy groups -OCH3 is 1. The number of rotatable bonds is 6. The van der Waals surface area contributed by atoms with Gasteiger partial charge in [0.2, 0.25) is 0 Å². The van der Waals surface area contributed by atoms with E-state index in [0.717, 1.165) is 11.3 Å². The molecule has 0 aliphatic heterocycles. The maximum Gasteiger partial charge on any atom is 0.142 e. The van der Waals surface area contributed by atoms with Gasteiger partial charge in [-0.2, -0.15) is 5.10 Å². The van der Waals surface area contributed by atoms with E-state index in [2.05, 4.69) is 10.4 Å². The number of aromatic nitrogens is 2. The van der Waals surface area contributed by atoms with Crippen molar-refractivity contribution in [2.24, 2.45) is 0 Å². The minimum Gasteiger partial charge on any atom is -0.383 e. The Hall–Kier alpha value is -1.59. The van der Waals surface area contributed by atoms with Crippen LogP contribution >= 0.6 is 11.6 Å². The van der Waals surface area contributed by atoms with Crippen molar-refractivity contribution in [2.75, 3.05) is 19.0 Å². The SMILES string of the molecule is COCCn1cc(NC(C)c2ccc(Cl)c(F)c2)cn1. The fraction of sp³-hybridized carbons (Fsp3) is 0.357. The van der Waals surface area contributed by atoms with Gasteiger partial charge in [-0.15, -0.1) is 0 Å². The van der Waals surface area contributed by atoms with Gasteiger partial charge in [0.15, 0.2) is 0 Å². The molecule has 6 heteroatoms. The van der Waals surface area contributed by atoms with Gasteiger partial charge in [0.25, 0.3) is 0 Å². The predicted octanol–water partition coefficient (Wildman–Crippen LogP) is 3.50. The summed E-state index contributed by atoms with van der Waals surface area (Å²) >= 11 is 5.68. The maximum atomic E-state index is 13.4. The Morgan fingerprint density at radius 3 is 3.00 bits per heavy atom. The van der Waals surface area contributed by atoms with Gasteiger partial charge in [-0.05, 0) is 24.6 Å². The molecule has 1 atom stereocenters. The summed E-state index contributed by atoms with van der Waals surface area (Å²) in [5.41, 5.74) is 1.71. The van der Waals surface area contributed by atoms with E-state index in [0.29, 0.717) is 13.2 Å². The summed E-state index contributed by atoms with van der Waals surface area (Å²) < 4.78 is 20.2. The van der Waals surface area contributed by atoms with Crippen LogP contribution in [0.1, 0.15) is 18.5 Å². The zero-order valence-electron chi connectivity index (χ0n) is 11.4. The fourth-order valence-electron chi connectivity index (χ4n) is 1.86. The summed E-state index contributed by atoms with van der Waals surface area (Å²) in [5.74, 6) is -0.409. The second-order valence-corrected chi connectivity index (χ2v) is 4.93. The van der Waals surface area contributed by atoms with E-state index in [1.807, 2.05) is 13.1 Å². The number of anilines is 1. The number of hydrogen-bond acceptors (Lipinski definition) is 3. The molecule has 1 aromatic heterocycles. The van der Waals surface area contributed by atoms with Crippen LogP contribution in [-0.2, 0) is 11.3 Å². The van der Waals surface area contributed by atoms with Crippen LogP contribution in [0.2, 0.25) is 5.02 Å². The van der Waals surface area contributed by atoms with Crippen molar-refractivity contribution >= 4 is 17.3 Å². The zero-order valence-corrected chi connectivity index (χ0v) is 12.2. The first-order chi connectivity index (χ1) is 9.60. The second-order valence-electron chi connectivity index (χ2n) is 4.52. The lowest BCUT2D eigenvalue weighted by Crippen LogP contribution is -2.07. The molecule has 2 aromatic rings. The maximum absolute atomic E-state index is 13.4. The van der Waals surface area contributed by atoms with Crippen molar-refractivity contribution in [3.63, 3.8) is 0 Å². The average molecular weight is 298 g/mol. The van der Waals surface area contributed by atoms with E-state index < -0.39 is 5.82 Å². The quantitative estimate of drug-likeness (QED) is 0.887. The molecule has 0 amide bonds. The third-order valence-corrected chi connectivity index (χ3v) is 3.29. The Kier molecular flexibility index (Phi) is 4.98. The van der Waals surface area contributed by atoms with Crippen molar-refractivity contribution < 1.29 is 9.13 Å². The van der Waals surface area contributed by atoms with E-state index in [1.165, 1.54) is 6.07 Å². The summed E-state index contributed by atoms with van der Waals surface area (Å²) in [6.07, 6.45) is 3.63. The van der Waals surface area contributed by atoms with Crippen LogP contribution in [0.5, 0.6) is 0 Å². The first kappa shape index (κ1) is 14.8. The van der Waals surface area contributed by atoms with Gasteiger partial charge in [0.05, 0.1) is 30.1 Å². The highest BCUT2D eigenvalue weighted by atomic mass is 35.5. The third kappa shape index (κ3) is 3.71. The van der Waals surface area contributed by atoms with Crippen LogP contribution in [0.3, 0.4) is 0 Å². The van der Waals surface area contributed by atoms with Gasteiger partial charge in [0, 0.05) is 19.3 Å². The smallest absolute Gasteiger partial charge is 0.142 e. The molecule has 0 aliphatic carbocycles. The first-order valence-corrected chi connectivity index (χ1v) is 6.71. The standard InChI is InChI=1S/C14H17ClFN3O/c1-10(11-3-4-13(15)14(16)7-11)18-12-8-17-19(9-12)5-6-20-2/h3-4,7-10,18H,5-6H2,1-2H3. The fourth-order valence-corrected chi connectivity index (χ4v) is 1.98. The van der Waals surface area contributed by atoms with Gasteiger partial charge in [-0.25, -0.2) is 4.39 Å². The van der Waals surface area contributed by atoms with Crippen LogP contribution in [-0.4, -0.2) is 23.5 Å². The average Bonchev–Trinajstić information content (AvgIpc) is 2.87. The summed E-state index contributed by atoms with van der Waals surface area (Å²) in [4.78, 5) is 0. The molecule has 1 aromatic carbocycles. The number of nitrogens with one attached hydrogen (secondary N) is 1. The number of ether oxygens (including phenoxy) is 1. The van der Waals surface area contributed by atoms with E-state index in [9.17, 15) is 4.39 Å². The van der Waals surface area contributed by atoms with Crippen molar-refractivity contribution in [2.45, 2.75) is 19.5 Å². The molecule has 4 nitrogen and oxygen atoms in total. The molecule has 0 aliphatic rings. The van der Waals surface area contributed by atoms with Crippen molar-refractivity contribution in [1.29, 1.82) is 0 Å². The zero-order chi connectivity index (χ0) is 14.5. The highest BCUT2D eigenvalue weighted by molar-refractivity contribution is 6.30. The molecule has 0 bridgehead atoms. The van der Waals surface area contributed by atoms with Gasteiger partial charge >= 0.3 is 0 Å². The topological polar surface area (TPSA) is 39.1 Å². The molecule has 20 heavy (non-hydrogen) atoms. The highest BCUT2D eigenvalue weighted by Gasteiger charge is 2.09. The molecular formula is C14H17ClFN3O. The highest BCUT2D eigenvalue weighted by Crippen LogP contribution is 2.23. The van der Waals surface area contributed by atoms with Crippen LogP contribution in [0.25, 0.3) is 0 Å². The van der Waals surface area contributed by atoms with Crippen molar-refractivity contribution in [3.05, 3.63) is 47.0 Å². The molecule has 1 heterocycles. The number of benzene rings is 1. The number of hydrogen-bond donors (Lipinski definition) is 1. The Morgan fingerprint density at radius 2 is 2.30 bits per heavy atom. The molecule has 0 saturated carbocycles. The Bertz CT molecular complexity index is 573. The van der Waals surface area contributed by atoms with Gasteiger partial charge < -0.3 is 10.1 Å². The molecule has 0 saturated heterocycles. The monoisotopic (exact) mass is 297 g/mol. The van der Waals surface area contributed by atoms with Crippen LogP contribution in [0.15, 0.2) is 30.6 Å². The van der Waals surface area contributed by atoms with Crippen LogP contribution in [0, 0.1) is 5.82 Å². The Balaban J connectivity index is 2.01. The molecule has 1 unspecified atom stereocenters. The normalized spacial score (nSPS) is 12.4. The largest absolute Gasteiger partial charge is 0.383 e. The minimum absolute atomic E-state index is 0.0400. The molecule has 1 N–H and O–H groups in total. The number of halogens is 2. The lowest BCUT2D eigenvalue weighted by atomic mass is 10.1. The van der Waals surface area contributed by atoms with Gasteiger partial charge in [-0.3, -0.25) is 4.68 Å². The lowest BCUT2D eigenvalue weighted by molar-refractivity contribution is 0.183. The van der Waals surface area contributed by atoms with Crippen LogP contribution in [0.4, 0.5) is 10.1 Å². The first-order valence-electron chi connectivity index (χ1n) is 6.33. The lowest BCUT2D eigenvalue weighted by Gasteiger charge is -2.14. The van der Waals surface area contributed by atoms with E-state index >= 15 is 0 Å². The molecule has 108 valence electrons. The third-order valence-electron chi connectivity index (χ3n) is 2.98. The molecular weight excluding hydrogens is 281 g/mol. The molecule has 0 radical (unpaired) electrons. The number of nitrogens with zero attached hydrogens (tertiary/aromatic N) is 2. The van der Waals surface area contributed by atoms with E-state index in [-0.39, 0.29) is 11.1 Å². The Labute approximate surface area is 122 Å². The molecule has 0 fully saturated rings. The van der Waals surface area contributed by atoms with Crippen molar-refractivity contribution in [1.82, 2.24) is 9.78 Å². The second kappa shape index (κ2) is 6.72. The van der Waals surface area contributed by atoms with E-state index in [1.54, 1.807) is 30.1 Å². The summed E-state index contributed by atoms with van der Waals surface area (Å²) in [6, 6.07) is 4.77. The van der Waals surface area contributed by atoms with Gasteiger partial charge in [0.1, 0.15) is 5.82 Å². The summed E-state index contributed by atoms with van der Waals surface area (Å²) in [7, 11) is 1.65. The summed E-state index contributed by atoms with van der Waals surface area (Å²) in [6.45, 7) is 3.26. The molecule has 2 rings (SSSR count). The Morgan fingerprint density at radius 1 is 1.50 bits per heavy atom.